The van der Waals surface area contributed by atoms with Gasteiger partial charge in [0.05, 0.1) is 31.2 Å². The van der Waals surface area contributed by atoms with E-state index in [-0.39, 0.29) is 17.0 Å². The van der Waals surface area contributed by atoms with Crippen molar-refractivity contribution in [2.24, 2.45) is 5.41 Å². The van der Waals surface area contributed by atoms with Crippen LogP contribution in [0.2, 0.25) is 0 Å². The second-order valence-electron chi connectivity index (χ2n) is 7.77. The first kappa shape index (κ1) is 24.1. The van der Waals surface area contributed by atoms with Crippen molar-refractivity contribution in [1.82, 2.24) is 20.5 Å². The Morgan fingerprint density at radius 1 is 1.06 bits per heavy atom. The lowest BCUT2D eigenvalue weighted by molar-refractivity contribution is -0.152. The average molecular weight is 464 g/mol. The fourth-order valence-electron chi connectivity index (χ4n) is 3.44. The Bertz CT molecular complexity index is 1160. The molecule has 1 atom stereocenters. The number of halogens is 3. The molecule has 2 heterocycles. The van der Waals surface area contributed by atoms with Crippen molar-refractivity contribution in [3.63, 3.8) is 0 Å². The second kappa shape index (κ2) is 9.10. The molecule has 11 heteroatoms. The third-order valence-electron chi connectivity index (χ3n) is 5.23. The van der Waals surface area contributed by atoms with Crippen molar-refractivity contribution in [3.8, 4) is 5.88 Å². The number of hydrazine groups is 1. The molecule has 0 aliphatic carbocycles. The number of carbonyl (C=O) groups excluding carboxylic acids is 2. The Morgan fingerprint density at radius 2 is 1.73 bits per heavy atom. The van der Waals surface area contributed by atoms with Gasteiger partial charge in [0.2, 0.25) is 5.88 Å². The summed E-state index contributed by atoms with van der Waals surface area (Å²) in [5.74, 6) is -1.07. The molecule has 176 valence electrons. The first-order chi connectivity index (χ1) is 15.5. The van der Waals surface area contributed by atoms with E-state index in [9.17, 15) is 22.8 Å². The topological polar surface area (TPSA) is 94.0 Å². The van der Waals surface area contributed by atoms with Gasteiger partial charge < -0.3 is 9.47 Å². The number of carbonyl (C=O) groups is 2. The van der Waals surface area contributed by atoms with E-state index < -0.39 is 35.2 Å². The van der Waals surface area contributed by atoms with Crippen LogP contribution in [-0.4, -0.2) is 35.7 Å². The van der Waals surface area contributed by atoms with Crippen LogP contribution in [0, 0.1) is 5.41 Å². The molecule has 0 aliphatic rings. The van der Waals surface area contributed by atoms with E-state index in [2.05, 4.69) is 16.0 Å². The number of nitrogens with zero attached hydrogens (tertiary/aromatic N) is 2. The molecule has 3 aromatic rings. The molecule has 1 amide bonds. The molecular weight excluding hydrogens is 441 g/mol. The van der Waals surface area contributed by atoms with Gasteiger partial charge >= 0.3 is 12.1 Å². The number of aromatic nitrogens is 2. The summed E-state index contributed by atoms with van der Waals surface area (Å²) in [6, 6.07) is 11.1. The first-order valence-corrected chi connectivity index (χ1v) is 9.84. The van der Waals surface area contributed by atoms with Gasteiger partial charge in [-0.1, -0.05) is 18.2 Å². The molecule has 0 radical (unpaired) electrons. The number of rotatable bonds is 7. The van der Waals surface area contributed by atoms with E-state index >= 15 is 0 Å². The number of hydrogen-bond acceptors (Lipinski definition) is 6. The lowest BCUT2D eigenvalue weighted by atomic mass is 9.80. The van der Waals surface area contributed by atoms with Crippen molar-refractivity contribution in [1.29, 1.82) is 0 Å². The van der Waals surface area contributed by atoms with Crippen LogP contribution >= 0.6 is 0 Å². The zero-order chi connectivity index (χ0) is 24.4. The monoisotopic (exact) mass is 464 g/mol. The quantitative estimate of drug-likeness (QED) is 0.411. The summed E-state index contributed by atoms with van der Waals surface area (Å²) in [6.07, 6.45) is -4.70. The number of methoxy groups -OCH3 is 2. The Morgan fingerprint density at radius 3 is 2.30 bits per heavy atom. The Labute approximate surface area is 187 Å². The summed E-state index contributed by atoms with van der Waals surface area (Å²) in [7, 11) is 2.51. The summed E-state index contributed by atoms with van der Waals surface area (Å²) < 4.78 is 51.2. The van der Waals surface area contributed by atoms with Gasteiger partial charge in [0.1, 0.15) is 0 Å². The number of esters is 1. The highest BCUT2D eigenvalue weighted by Gasteiger charge is 2.42. The molecule has 0 fully saturated rings. The molecule has 0 spiro atoms. The maximum absolute atomic E-state index is 13.4. The van der Waals surface area contributed by atoms with Gasteiger partial charge in [-0.2, -0.15) is 18.3 Å². The number of amides is 1. The normalized spacial score (nSPS) is 12.9. The van der Waals surface area contributed by atoms with Crippen molar-refractivity contribution < 1.29 is 32.2 Å². The molecule has 2 aromatic heterocycles. The first-order valence-electron chi connectivity index (χ1n) is 9.84. The smallest absolute Gasteiger partial charge is 0.435 e. The van der Waals surface area contributed by atoms with Crippen LogP contribution in [-0.2, 0) is 15.7 Å². The second-order valence-corrected chi connectivity index (χ2v) is 7.77. The highest BCUT2D eigenvalue weighted by Crippen LogP contribution is 2.39. The standard InChI is InChI=1S/C22H23F3N4O4/c1-21(2,20(31)33-4)18(26-27-19(30)13-8-6-5-7-9-13)14-10-11-17(32-3)29-15(14)12-16(28-29)22(23,24)25/h5-12,18,26H,1-4H3,(H,27,30). The van der Waals surface area contributed by atoms with Crippen molar-refractivity contribution >= 4 is 17.4 Å². The number of pyridine rings is 1. The predicted molar refractivity (Wildman–Crippen MR) is 112 cm³/mol. The van der Waals surface area contributed by atoms with Crippen molar-refractivity contribution in [3.05, 3.63) is 65.4 Å². The Kier molecular flexibility index (Phi) is 6.63. The molecule has 1 unspecified atom stereocenters. The Balaban J connectivity index is 2.11. The zero-order valence-corrected chi connectivity index (χ0v) is 18.4. The summed E-state index contributed by atoms with van der Waals surface area (Å²) in [4.78, 5) is 25.2. The number of nitrogens with one attached hydrogen (secondary N) is 2. The van der Waals surface area contributed by atoms with Gasteiger partial charge in [-0.25, -0.2) is 9.94 Å². The minimum absolute atomic E-state index is 0.0464. The van der Waals surface area contributed by atoms with Crippen LogP contribution < -0.4 is 15.6 Å². The minimum Gasteiger partial charge on any atom is -0.481 e. The molecule has 0 aliphatic heterocycles. The minimum atomic E-state index is -4.70. The summed E-state index contributed by atoms with van der Waals surface area (Å²) in [5, 5.41) is 3.62. The van der Waals surface area contributed by atoms with Crippen LogP contribution in [0.5, 0.6) is 5.88 Å². The summed E-state index contributed by atoms with van der Waals surface area (Å²) in [5.41, 5.74) is 3.56. The van der Waals surface area contributed by atoms with E-state index in [1.165, 1.54) is 26.4 Å². The number of benzene rings is 1. The molecule has 0 saturated carbocycles. The predicted octanol–water partition coefficient (Wildman–Crippen LogP) is 3.54. The van der Waals surface area contributed by atoms with E-state index in [1.807, 2.05) is 0 Å². The molecule has 33 heavy (non-hydrogen) atoms. The van der Waals surface area contributed by atoms with Gasteiger partial charge in [0.25, 0.3) is 5.91 Å². The third-order valence-corrected chi connectivity index (χ3v) is 5.23. The molecule has 3 rings (SSSR count). The number of alkyl halides is 3. The average Bonchev–Trinajstić information content (AvgIpc) is 3.25. The molecule has 0 bridgehead atoms. The summed E-state index contributed by atoms with van der Waals surface area (Å²) >= 11 is 0. The zero-order valence-electron chi connectivity index (χ0n) is 18.4. The lowest BCUT2D eigenvalue weighted by Gasteiger charge is -2.33. The van der Waals surface area contributed by atoms with Gasteiger partial charge in [-0.05, 0) is 43.7 Å². The van der Waals surface area contributed by atoms with Gasteiger partial charge in [0.15, 0.2) is 5.69 Å². The van der Waals surface area contributed by atoms with E-state index in [4.69, 9.17) is 9.47 Å². The fraction of sp³-hybridized carbons (Fsp3) is 0.318. The maximum Gasteiger partial charge on any atom is 0.435 e. The van der Waals surface area contributed by atoms with Crippen LogP contribution in [0.25, 0.3) is 5.52 Å². The van der Waals surface area contributed by atoms with E-state index in [0.29, 0.717) is 5.56 Å². The summed E-state index contributed by atoms with van der Waals surface area (Å²) in [6.45, 7) is 3.10. The van der Waals surface area contributed by atoms with E-state index in [1.54, 1.807) is 44.2 Å². The number of ether oxygens (including phenoxy) is 2. The number of hydrogen-bond donors (Lipinski definition) is 2. The van der Waals surface area contributed by atoms with Crippen molar-refractivity contribution in [2.75, 3.05) is 14.2 Å². The van der Waals surface area contributed by atoms with Crippen molar-refractivity contribution in [2.45, 2.75) is 26.1 Å². The third kappa shape index (κ3) is 4.77. The molecule has 8 nitrogen and oxygen atoms in total. The highest BCUT2D eigenvalue weighted by atomic mass is 19.4. The Hall–Kier alpha value is -3.60. The maximum atomic E-state index is 13.4. The van der Waals surface area contributed by atoms with E-state index in [0.717, 1.165) is 10.6 Å². The van der Waals surface area contributed by atoms with Gasteiger partial charge in [0, 0.05) is 11.6 Å². The molecule has 1 aromatic carbocycles. The van der Waals surface area contributed by atoms with Gasteiger partial charge in [-0.3, -0.25) is 15.0 Å². The fourth-order valence-corrected chi connectivity index (χ4v) is 3.44. The van der Waals surface area contributed by atoms with Gasteiger partial charge in [-0.15, -0.1) is 0 Å². The SMILES string of the molecule is COC(=O)C(C)(C)C(NNC(=O)c1ccccc1)c1ccc(OC)n2nc(C(F)(F)F)cc12. The van der Waals surface area contributed by atoms with Crippen LogP contribution in [0.15, 0.2) is 48.5 Å². The van der Waals surface area contributed by atoms with Crippen LogP contribution in [0.4, 0.5) is 13.2 Å². The molecule has 0 saturated heterocycles. The highest BCUT2D eigenvalue weighted by molar-refractivity contribution is 5.93. The largest absolute Gasteiger partial charge is 0.481 e. The van der Waals surface area contributed by atoms with Crippen LogP contribution in [0.3, 0.4) is 0 Å². The molecule has 2 N–H and O–H groups in total. The molecular formula is C22H23F3N4O4. The lowest BCUT2D eigenvalue weighted by Crippen LogP contribution is -2.48. The van der Waals surface area contributed by atoms with Crippen LogP contribution in [0.1, 0.15) is 41.5 Å². The number of fused-ring (bicyclic) bond motifs is 1.